The fourth-order valence-corrected chi connectivity index (χ4v) is 3.19. The molecular formula is C18H24N6O4. The zero-order chi connectivity index (χ0) is 20.3. The largest absolute Gasteiger partial charge is 0.376 e. The minimum atomic E-state index is -0.694. The lowest BCUT2D eigenvalue weighted by molar-refractivity contribution is -0.385. The molecule has 28 heavy (non-hydrogen) atoms. The maximum Gasteiger partial charge on any atom is 0.376 e. The number of hydrogen-bond acceptors (Lipinski definition) is 7. The molecule has 1 unspecified atom stereocenters. The lowest BCUT2D eigenvalue weighted by Crippen LogP contribution is -2.50. The second kappa shape index (κ2) is 8.34. The Morgan fingerprint density at radius 1 is 1.32 bits per heavy atom. The van der Waals surface area contributed by atoms with Crippen molar-refractivity contribution in [1.29, 1.82) is 0 Å². The van der Waals surface area contributed by atoms with Crippen LogP contribution in [0.3, 0.4) is 0 Å². The molecule has 1 N–H and O–H groups in total. The molecule has 1 aliphatic rings. The van der Waals surface area contributed by atoms with Gasteiger partial charge in [-0.25, -0.2) is 4.98 Å². The third kappa shape index (κ3) is 4.11. The Morgan fingerprint density at radius 3 is 2.68 bits per heavy atom. The number of rotatable bonds is 6. The molecule has 150 valence electrons. The standard InChI is InChI=1S/C18H24N6O4/c1-3-13(2)19-15(25)12-21-8-10-22(11-9-21)17-16(24(27)28)18(26)23-7-5-4-6-14(23)20-17/h4-7,13H,3,8-12H2,1-2H3,(H,19,25). The molecule has 2 aromatic heterocycles. The van der Waals surface area contributed by atoms with Gasteiger partial charge >= 0.3 is 11.2 Å². The first-order valence-electron chi connectivity index (χ1n) is 9.33. The average Bonchev–Trinajstić information content (AvgIpc) is 2.68. The number of aromatic nitrogens is 2. The van der Waals surface area contributed by atoms with Gasteiger partial charge in [0.05, 0.1) is 11.5 Å². The number of carbonyl (C=O) groups excluding carboxylic acids is 1. The molecule has 3 heterocycles. The second-order valence-electron chi connectivity index (χ2n) is 6.92. The summed E-state index contributed by atoms with van der Waals surface area (Å²) in [6, 6.07) is 5.13. The van der Waals surface area contributed by atoms with E-state index in [2.05, 4.69) is 10.3 Å². The van der Waals surface area contributed by atoms with Crippen molar-refractivity contribution in [2.45, 2.75) is 26.3 Å². The van der Waals surface area contributed by atoms with Crippen molar-refractivity contribution < 1.29 is 9.72 Å². The number of piperazine rings is 1. The number of anilines is 1. The van der Waals surface area contributed by atoms with Gasteiger partial charge in [0, 0.05) is 38.4 Å². The monoisotopic (exact) mass is 388 g/mol. The van der Waals surface area contributed by atoms with Crippen LogP contribution in [0.5, 0.6) is 0 Å². The van der Waals surface area contributed by atoms with Crippen LogP contribution in [0.25, 0.3) is 5.65 Å². The van der Waals surface area contributed by atoms with Crippen LogP contribution in [0.1, 0.15) is 20.3 Å². The maximum atomic E-state index is 12.6. The predicted octanol–water partition coefficient (Wildman–Crippen LogP) is 0.639. The Kier molecular flexibility index (Phi) is 5.88. The van der Waals surface area contributed by atoms with Crippen LogP contribution < -0.4 is 15.8 Å². The van der Waals surface area contributed by atoms with Gasteiger partial charge < -0.3 is 10.2 Å². The third-order valence-corrected chi connectivity index (χ3v) is 4.93. The summed E-state index contributed by atoms with van der Waals surface area (Å²) in [5, 5.41) is 14.5. The zero-order valence-electron chi connectivity index (χ0n) is 16.0. The lowest BCUT2D eigenvalue weighted by Gasteiger charge is -2.34. The van der Waals surface area contributed by atoms with E-state index >= 15 is 0 Å². The summed E-state index contributed by atoms with van der Waals surface area (Å²) < 4.78 is 1.18. The highest BCUT2D eigenvalue weighted by molar-refractivity contribution is 5.78. The summed E-state index contributed by atoms with van der Waals surface area (Å²) in [7, 11) is 0. The van der Waals surface area contributed by atoms with E-state index in [-0.39, 0.29) is 24.3 Å². The van der Waals surface area contributed by atoms with Gasteiger partial charge in [-0.3, -0.25) is 29.0 Å². The Hall–Kier alpha value is -3.01. The van der Waals surface area contributed by atoms with Crippen molar-refractivity contribution in [3.63, 3.8) is 0 Å². The van der Waals surface area contributed by atoms with Crippen molar-refractivity contribution >= 4 is 23.1 Å². The quantitative estimate of drug-likeness (QED) is 0.571. The number of nitrogens with zero attached hydrogens (tertiary/aromatic N) is 5. The van der Waals surface area contributed by atoms with Crippen molar-refractivity contribution in [2.75, 3.05) is 37.6 Å². The average molecular weight is 388 g/mol. The van der Waals surface area contributed by atoms with E-state index in [1.807, 2.05) is 18.7 Å². The normalized spacial score (nSPS) is 16.1. The number of fused-ring (bicyclic) bond motifs is 1. The van der Waals surface area contributed by atoms with E-state index < -0.39 is 16.2 Å². The predicted molar refractivity (Wildman–Crippen MR) is 105 cm³/mol. The van der Waals surface area contributed by atoms with Crippen LogP contribution in [-0.4, -0.2) is 63.9 Å². The zero-order valence-corrected chi connectivity index (χ0v) is 16.0. The Labute approximate surface area is 161 Å². The smallest absolute Gasteiger partial charge is 0.353 e. The van der Waals surface area contributed by atoms with Crippen molar-refractivity contribution in [3.05, 3.63) is 44.9 Å². The topological polar surface area (TPSA) is 113 Å². The number of carbonyl (C=O) groups is 1. The van der Waals surface area contributed by atoms with Gasteiger partial charge in [-0.15, -0.1) is 0 Å². The summed E-state index contributed by atoms with van der Waals surface area (Å²) in [4.78, 5) is 43.6. The first-order valence-corrected chi connectivity index (χ1v) is 9.33. The minimum absolute atomic E-state index is 0.0316. The molecule has 1 saturated heterocycles. The molecular weight excluding hydrogens is 364 g/mol. The molecule has 0 radical (unpaired) electrons. The van der Waals surface area contributed by atoms with Crippen molar-refractivity contribution in [1.82, 2.24) is 19.6 Å². The SMILES string of the molecule is CCC(C)NC(=O)CN1CCN(c2nc3ccccn3c(=O)c2[N+](=O)[O-])CC1. The first-order chi connectivity index (χ1) is 13.4. The maximum absolute atomic E-state index is 12.6. The molecule has 1 fully saturated rings. The number of pyridine rings is 1. The molecule has 0 saturated carbocycles. The molecule has 0 bridgehead atoms. The van der Waals surface area contributed by atoms with Crippen LogP contribution in [0, 0.1) is 10.1 Å². The number of hydrogen-bond donors (Lipinski definition) is 1. The molecule has 0 spiro atoms. The van der Waals surface area contributed by atoms with E-state index in [0.717, 1.165) is 6.42 Å². The second-order valence-corrected chi connectivity index (χ2v) is 6.92. The van der Waals surface area contributed by atoms with Gasteiger partial charge in [-0.05, 0) is 25.5 Å². The fraction of sp³-hybridized carbons (Fsp3) is 0.500. The molecule has 2 aromatic rings. The Balaban J connectivity index is 1.76. The highest BCUT2D eigenvalue weighted by Gasteiger charge is 2.30. The van der Waals surface area contributed by atoms with Crippen LogP contribution in [0.4, 0.5) is 11.5 Å². The first kappa shape index (κ1) is 19.7. The van der Waals surface area contributed by atoms with Gasteiger partial charge in [0.1, 0.15) is 5.65 Å². The lowest BCUT2D eigenvalue weighted by atomic mass is 10.2. The van der Waals surface area contributed by atoms with Gasteiger partial charge in [0.2, 0.25) is 11.7 Å². The molecule has 10 nitrogen and oxygen atoms in total. The summed E-state index contributed by atoms with van der Waals surface area (Å²) in [6.45, 7) is 6.27. The molecule has 0 aliphatic carbocycles. The van der Waals surface area contributed by atoms with Crippen molar-refractivity contribution in [3.8, 4) is 0 Å². The highest BCUT2D eigenvalue weighted by Crippen LogP contribution is 2.23. The Bertz CT molecular complexity index is 935. The van der Waals surface area contributed by atoms with Gasteiger partial charge in [-0.1, -0.05) is 13.0 Å². The van der Waals surface area contributed by atoms with E-state index in [0.29, 0.717) is 31.8 Å². The molecule has 3 rings (SSSR count). The molecule has 10 heteroatoms. The Morgan fingerprint density at radius 2 is 2.04 bits per heavy atom. The minimum Gasteiger partial charge on any atom is -0.353 e. The van der Waals surface area contributed by atoms with Crippen LogP contribution in [0.2, 0.25) is 0 Å². The number of nitro groups is 1. The van der Waals surface area contributed by atoms with Crippen molar-refractivity contribution in [2.24, 2.45) is 0 Å². The molecule has 1 aliphatic heterocycles. The van der Waals surface area contributed by atoms with Crippen LogP contribution in [0.15, 0.2) is 29.2 Å². The summed E-state index contributed by atoms with van der Waals surface area (Å²) in [6.07, 6.45) is 2.33. The van der Waals surface area contributed by atoms with E-state index in [1.165, 1.54) is 10.6 Å². The van der Waals surface area contributed by atoms with E-state index in [9.17, 15) is 19.7 Å². The van der Waals surface area contributed by atoms with Gasteiger partial charge in [0.25, 0.3) is 0 Å². The molecule has 0 aromatic carbocycles. The molecule has 1 atom stereocenters. The summed E-state index contributed by atoms with van der Waals surface area (Å²) in [5.74, 6) is 0.0563. The summed E-state index contributed by atoms with van der Waals surface area (Å²) in [5.41, 5.74) is -0.851. The highest BCUT2D eigenvalue weighted by atomic mass is 16.6. The van der Waals surface area contributed by atoms with E-state index in [1.54, 1.807) is 23.1 Å². The van der Waals surface area contributed by atoms with Crippen LogP contribution in [-0.2, 0) is 4.79 Å². The number of amides is 1. The molecule has 1 amide bonds. The van der Waals surface area contributed by atoms with Gasteiger partial charge in [-0.2, -0.15) is 0 Å². The van der Waals surface area contributed by atoms with Gasteiger partial charge in [0.15, 0.2) is 0 Å². The third-order valence-electron chi connectivity index (χ3n) is 4.93. The summed E-state index contributed by atoms with van der Waals surface area (Å²) >= 11 is 0. The fourth-order valence-electron chi connectivity index (χ4n) is 3.19. The van der Waals surface area contributed by atoms with E-state index in [4.69, 9.17) is 0 Å². The number of nitrogens with one attached hydrogen (secondary N) is 1. The van der Waals surface area contributed by atoms with Crippen LogP contribution >= 0.6 is 0 Å².